The number of nitrogens with zero attached hydrogens (tertiary/aromatic N) is 3. The van der Waals surface area contributed by atoms with Crippen LogP contribution in [-0.4, -0.2) is 60.7 Å². The zero-order valence-corrected chi connectivity index (χ0v) is 18.1. The van der Waals surface area contributed by atoms with Gasteiger partial charge in [0.1, 0.15) is 11.9 Å². The summed E-state index contributed by atoms with van der Waals surface area (Å²) in [5.41, 5.74) is 2.07. The number of ether oxygens (including phenoxy) is 2. The average molecular weight is 417 g/mol. The standard InChI is InChI=1S/C21H32N6O3/c1-14(2)23-21(28)30-17-7-5-15(11-17)18-12-20(26-25-18)24-19-8-6-16(13-22-19)27(3)9-10-29-4/h6,8,12-15,17H,5,7,9-11H2,1-4H3,(H,23,28)(H2,22,24,25,26)/t15-,17+/m0/s1. The Morgan fingerprint density at radius 1 is 1.33 bits per heavy atom. The summed E-state index contributed by atoms with van der Waals surface area (Å²) in [6, 6.07) is 6.02. The number of hydrogen-bond acceptors (Lipinski definition) is 7. The van der Waals surface area contributed by atoms with E-state index in [0.717, 1.165) is 48.8 Å². The van der Waals surface area contributed by atoms with E-state index in [4.69, 9.17) is 9.47 Å². The molecule has 0 saturated heterocycles. The summed E-state index contributed by atoms with van der Waals surface area (Å²) in [5.74, 6) is 1.75. The first-order valence-corrected chi connectivity index (χ1v) is 10.4. The van der Waals surface area contributed by atoms with Crippen molar-refractivity contribution in [3.05, 3.63) is 30.1 Å². The number of aromatic nitrogens is 3. The number of anilines is 3. The van der Waals surface area contributed by atoms with Gasteiger partial charge in [0, 0.05) is 44.4 Å². The van der Waals surface area contributed by atoms with Crippen LogP contribution >= 0.6 is 0 Å². The van der Waals surface area contributed by atoms with Gasteiger partial charge in [0.15, 0.2) is 5.82 Å². The van der Waals surface area contributed by atoms with Gasteiger partial charge in [-0.3, -0.25) is 5.10 Å². The molecule has 164 valence electrons. The van der Waals surface area contributed by atoms with E-state index >= 15 is 0 Å². The van der Waals surface area contributed by atoms with Crippen LogP contribution in [0.3, 0.4) is 0 Å². The van der Waals surface area contributed by atoms with E-state index in [9.17, 15) is 4.79 Å². The number of likely N-dealkylation sites (N-methyl/N-ethyl adjacent to an activating group) is 1. The highest BCUT2D eigenvalue weighted by Crippen LogP contribution is 2.36. The number of methoxy groups -OCH3 is 1. The number of alkyl carbamates (subject to hydrolysis) is 1. The molecule has 0 aromatic carbocycles. The molecular formula is C21H32N6O3. The van der Waals surface area contributed by atoms with E-state index in [1.54, 1.807) is 7.11 Å². The van der Waals surface area contributed by atoms with E-state index in [-0.39, 0.29) is 18.2 Å². The molecule has 0 spiro atoms. The van der Waals surface area contributed by atoms with Crippen molar-refractivity contribution < 1.29 is 14.3 Å². The molecule has 2 aromatic rings. The molecule has 1 fully saturated rings. The molecule has 1 amide bonds. The predicted molar refractivity (Wildman–Crippen MR) is 116 cm³/mol. The molecule has 0 aliphatic heterocycles. The molecule has 9 heteroatoms. The largest absolute Gasteiger partial charge is 0.446 e. The van der Waals surface area contributed by atoms with Gasteiger partial charge in [-0.2, -0.15) is 5.10 Å². The molecular weight excluding hydrogens is 384 g/mol. The van der Waals surface area contributed by atoms with Gasteiger partial charge in [-0.25, -0.2) is 9.78 Å². The summed E-state index contributed by atoms with van der Waals surface area (Å²) in [4.78, 5) is 18.4. The Balaban J connectivity index is 1.51. The summed E-state index contributed by atoms with van der Waals surface area (Å²) < 4.78 is 10.6. The Bertz CT molecular complexity index is 807. The lowest BCUT2D eigenvalue weighted by Gasteiger charge is -2.18. The minimum Gasteiger partial charge on any atom is -0.446 e. The fraction of sp³-hybridized carbons (Fsp3) is 0.571. The monoisotopic (exact) mass is 416 g/mol. The first-order chi connectivity index (χ1) is 14.4. The summed E-state index contributed by atoms with van der Waals surface area (Å²) in [6.45, 7) is 5.31. The number of amides is 1. The highest BCUT2D eigenvalue weighted by atomic mass is 16.6. The van der Waals surface area contributed by atoms with Gasteiger partial charge in [-0.15, -0.1) is 0 Å². The normalized spacial score (nSPS) is 18.4. The third kappa shape index (κ3) is 6.09. The number of H-pyrrole nitrogens is 1. The predicted octanol–water partition coefficient (Wildman–Crippen LogP) is 3.40. The lowest BCUT2D eigenvalue weighted by atomic mass is 10.0. The highest BCUT2D eigenvalue weighted by Gasteiger charge is 2.30. The molecule has 30 heavy (non-hydrogen) atoms. The van der Waals surface area contributed by atoms with Crippen molar-refractivity contribution in [1.82, 2.24) is 20.5 Å². The van der Waals surface area contributed by atoms with Gasteiger partial charge in [-0.05, 0) is 45.2 Å². The maximum absolute atomic E-state index is 11.8. The van der Waals surface area contributed by atoms with Crippen molar-refractivity contribution in [3.63, 3.8) is 0 Å². The molecule has 2 atom stereocenters. The molecule has 3 rings (SSSR count). The van der Waals surface area contributed by atoms with Crippen LogP contribution in [0.4, 0.5) is 22.1 Å². The van der Waals surface area contributed by atoms with Crippen LogP contribution in [-0.2, 0) is 9.47 Å². The molecule has 9 nitrogen and oxygen atoms in total. The maximum atomic E-state index is 11.8. The topological polar surface area (TPSA) is 104 Å². The number of rotatable bonds is 9. The van der Waals surface area contributed by atoms with E-state index in [0.29, 0.717) is 12.5 Å². The van der Waals surface area contributed by atoms with Crippen LogP contribution in [0.5, 0.6) is 0 Å². The Hall–Kier alpha value is -2.81. The SMILES string of the molecule is COCCN(C)c1ccc(Nc2cc([C@H]3CC[C@@H](OC(=O)NC(C)C)C3)[nH]n2)nc1. The Labute approximate surface area is 177 Å². The van der Waals surface area contributed by atoms with Crippen LogP contribution in [0.1, 0.15) is 44.7 Å². The summed E-state index contributed by atoms with van der Waals surface area (Å²) in [6.07, 6.45) is 4.04. The number of pyridine rings is 1. The summed E-state index contributed by atoms with van der Waals surface area (Å²) in [7, 11) is 3.70. The maximum Gasteiger partial charge on any atom is 0.407 e. The molecule has 2 heterocycles. The molecule has 1 saturated carbocycles. The molecule has 3 N–H and O–H groups in total. The van der Waals surface area contributed by atoms with Gasteiger partial charge < -0.3 is 25.0 Å². The second kappa shape index (κ2) is 10.3. The Morgan fingerprint density at radius 2 is 2.17 bits per heavy atom. The summed E-state index contributed by atoms with van der Waals surface area (Å²) in [5, 5.41) is 13.5. The first-order valence-electron chi connectivity index (χ1n) is 10.4. The van der Waals surface area contributed by atoms with Crippen molar-refractivity contribution >= 4 is 23.4 Å². The lowest BCUT2D eigenvalue weighted by Crippen LogP contribution is -2.33. The van der Waals surface area contributed by atoms with Crippen molar-refractivity contribution in [2.24, 2.45) is 0 Å². The average Bonchev–Trinajstić information content (AvgIpc) is 3.35. The smallest absolute Gasteiger partial charge is 0.407 e. The second-order valence-corrected chi connectivity index (χ2v) is 7.99. The van der Waals surface area contributed by atoms with E-state index in [1.165, 1.54) is 0 Å². The molecule has 0 bridgehead atoms. The first kappa shape index (κ1) is 21.9. The minimum absolute atomic E-state index is 0.0576. The van der Waals surface area contributed by atoms with Gasteiger partial charge in [-0.1, -0.05) is 0 Å². The molecule has 1 aliphatic rings. The quantitative estimate of drug-likeness (QED) is 0.575. The Kier molecular flexibility index (Phi) is 7.51. The number of carbonyl (C=O) groups excluding carboxylic acids is 1. The molecule has 2 aromatic heterocycles. The number of aromatic amines is 1. The zero-order valence-electron chi connectivity index (χ0n) is 18.1. The number of hydrogen-bond donors (Lipinski definition) is 3. The van der Waals surface area contributed by atoms with Crippen molar-refractivity contribution in [2.75, 3.05) is 37.5 Å². The lowest BCUT2D eigenvalue weighted by molar-refractivity contribution is 0.0981. The highest BCUT2D eigenvalue weighted by molar-refractivity contribution is 5.67. The van der Waals surface area contributed by atoms with Crippen molar-refractivity contribution in [1.29, 1.82) is 0 Å². The fourth-order valence-corrected chi connectivity index (χ4v) is 3.53. The molecule has 1 aliphatic carbocycles. The van der Waals surface area contributed by atoms with Crippen LogP contribution in [0.2, 0.25) is 0 Å². The van der Waals surface area contributed by atoms with E-state index in [2.05, 4.69) is 30.7 Å². The van der Waals surface area contributed by atoms with Gasteiger partial charge in [0.05, 0.1) is 18.5 Å². The third-order valence-electron chi connectivity index (χ3n) is 5.18. The van der Waals surface area contributed by atoms with Crippen LogP contribution < -0.4 is 15.5 Å². The second-order valence-electron chi connectivity index (χ2n) is 7.99. The zero-order chi connectivity index (χ0) is 21.5. The third-order valence-corrected chi connectivity index (χ3v) is 5.18. The van der Waals surface area contributed by atoms with Crippen molar-refractivity contribution in [3.8, 4) is 0 Å². The van der Waals surface area contributed by atoms with E-state index in [1.807, 2.05) is 45.3 Å². The molecule has 0 radical (unpaired) electrons. The van der Waals surface area contributed by atoms with Crippen LogP contribution in [0.15, 0.2) is 24.4 Å². The van der Waals surface area contributed by atoms with Crippen LogP contribution in [0, 0.1) is 0 Å². The molecule has 0 unspecified atom stereocenters. The van der Waals surface area contributed by atoms with Crippen LogP contribution in [0.25, 0.3) is 0 Å². The number of nitrogens with one attached hydrogen (secondary N) is 3. The van der Waals surface area contributed by atoms with Gasteiger partial charge in [0.25, 0.3) is 0 Å². The summed E-state index contributed by atoms with van der Waals surface area (Å²) >= 11 is 0. The van der Waals surface area contributed by atoms with Gasteiger partial charge in [0.2, 0.25) is 0 Å². The number of carbonyl (C=O) groups is 1. The van der Waals surface area contributed by atoms with Gasteiger partial charge >= 0.3 is 6.09 Å². The van der Waals surface area contributed by atoms with E-state index < -0.39 is 0 Å². The Morgan fingerprint density at radius 3 is 2.87 bits per heavy atom. The minimum atomic E-state index is -0.343. The fourth-order valence-electron chi connectivity index (χ4n) is 3.53. The van der Waals surface area contributed by atoms with Crippen molar-refractivity contribution in [2.45, 2.75) is 51.2 Å².